The third-order valence-corrected chi connectivity index (χ3v) is 5.27. The second-order valence-electron chi connectivity index (χ2n) is 7.16. The Morgan fingerprint density at radius 1 is 1.00 bits per heavy atom. The van der Waals surface area contributed by atoms with Gasteiger partial charge in [0.05, 0.1) is 13.0 Å². The van der Waals surface area contributed by atoms with Crippen LogP contribution in [0, 0.1) is 5.92 Å². The third kappa shape index (κ3) is 4.66. The van der Waals surface area contributed by atoms with Crippen LogP contribution < -0.4 is 5.32 Å². The Morgan fingerprint density at radius 2 is 1.57 bits per heavy atom. The molecule has 1 N–H and O–H groups in total. The van der Waals surface area contributed by atoms with Gasteiger partial charge in [0.1, 0.15) is 11.8 Å². The fourth-order valence-electron chi connectivity index (χ4n) is 3.86. The highest BCUT2D eigenvalue weighted by Crippen LogP contribution is 2.28. The molecule has 2 atom stereocenters. The van der Waals surface area contributed by atoms with Crippen molar-refractivity contribution in [2.75, 3.05) is 7.11 Å². The largest absolute Gasteiger partial charge is 0.467 e. The van der Waals surface area contributed by atoms with Crippen LogP contribution in [-0.2, 0) is 19.1 Å². The standard InChI is InChI=1S/C23H25NO4/c1-28-23(27)21(18-13-8-14-19(25)15-18)24-22(26)20(16-9-4-2-5-10-16)17-11-6-3-7-12-17/h2-7,9-12,18,20-21H,8,13-15H2,1H3,(H,24,26)/t18-,21-/m0/s1. The predicted molar refractivity (Wildman–Crippen MR) is 106 cm³/mol. The number of hydrogen-bond acceptors (Lipinski definition) is 4. The molecule has 0 aromatic heterocycles. The van der Waals surface area contributed by atoms with E-state index in [0.29, 0.717) is 19.3 Å². The van der Waals surface area contributed by atoms with Gasteiger partial charge in [0, 0.05) is 12.8 Å². The first-order valence-electron chi connectivity index (χ1n) is 9.60. The lowest BCUT2D eigenvalue weighted by molar-refractivity contribution is -0.147. The summed E-state index contributed by atoms with van der Waals surface area (Å²) in [5.41, 5.74) is 1.68. The SMILES string of the molecule is COC(=O)[C@@H](NC(=O)C(c1ccccc1)c1ccccc1)[C@H]1CCCC(=O)C1. The molecule has 0 spiro atoms. The highest BCUT2D eigenvalue weighted by Gasteiger charge is 2.36. The first-order chi connectivity index (χ1) is 13.6. The number of nitrogens with one attached hydrogen (secondary N) is 1. The van der Waals surface area contributed by atoms with Gasteiger partial charge in [-0.1, -0.05) is 60.7 Å². The molecule has 2 aromatic carbocycles. The second kappa shape index (κ2) is 9.31. The molecule has 5 nitrogen and oxygen atoms in total. The van der Waals surface area contributed by atoms with Crippen molar-refractivity contribution in [2.45, 2.75) is 37.6 Å². The minimum Gasteiger partial charge on any atom is -0.467 e. The summed E-state index contributed by atoms with van der Waals surface area (Å²) < 4.78 is 4.93. The summed E-state index contributed by atoms with van der Waals surface area (Å²) in [6, 6.07) is 18.1. The molecular weight excluding hydrogens is 354 g/mol. The molecule has 0 bridgehead atoms. The van der Waals surface area contributed by atoms with Crippen molar-refractivity contribution < 1.29 is 19.1 Å². The van der Waals surface area contributed by atoms with Crippen LogP contribution in [0.25, 0.3) is 0 Å². The van der Waals surface area contributed by atoms with E-state index in [-0.39, 0.29) is 17.6 Å². The summed E-state index contributed by atoms with van der Waals surface area (Å²) >= 11 is 0. The molecule has 1 aliphatic carbocycles. The van der Waals surface area contributed by atoms with Crippen LogP contribution in [0.4, 0.5) is 0 Å². The van der Waals surface area contributed by atoms with Crippen molar-refractivity contribution in [3.05, 3.63) is 71.8 Å². The molecule has 1 aliphatic rings. The molecule has 28 heavy (non-hydrogen) atoms. The van der Waals surface area contributed by atoms with E-state index in [2.05, 4.69) is 5.32 Å². The molecule has 3 rings (SSSR count). The van der Waals surface area contributed by atoms with Crippen LogP contribution in [0.15, 0.2) is 60.7 Å². The van der Waals surface area contributed by atoms with Crippen molar-refractivity contribution in [3.8, 4) is 0 Å². The monoisotopic (exact) mass is 379 g/mol. The van der Waals surface area contributed by atoms with Gasteiger partial charge < -0.3 is 10.1 Å². The Hall–Kier alpha value is -2.95. The van der Waals surface area contributed by atoms with E-state index in [0.717, 1.165) is 17.5 Å². The Bertz CT molecular complexity index is 780. The van der Waals surface area contributed by atoms with Gasteiger partial charge in [-0.05, 0) is 29.9 Å². The number of amides is 1. The van der Waals surface area contributed by atoms with Crippen LogP contribution in [0.5, 0.6) is 0 Å². The molecule has 0 heterocycles. The predicted octanol–water partition coefficient (Wildman–Crippen LogP) is 3.24. The Labute approximate surface area is 165 Å². The number of ether oxygens (including phenoxy) is 1. The normalized spacial score (nSPS) is 17.8. The molecular formula is C23H25NO4. The fraction of sp³-hybridized carbons (Fsp3) is 0.348. The summed E-state index contributed by atoms with van der Waals surface area (Å²) in [4.78, 5) is 37.6. The van der Waals surface area contributed by atoms with Gasteiger partial charge in [0.25, 0.3) is 0 Å². The van der Waals surface area contributed by atoms with Gasteiger partial charge in [0.2, 0.25) is 5.91 Å². The van der Waals surface area contributed by atoms with E-state index in [1.54, 1.807) is 0 Å². The average Bonchev–Trinajstić information content (AvgIpc) is 2.73. The molecule has 5 heteroatoms. The molecule has 146 valence electrons. The van der Waals surface area contributed by atoms with E-state index < -0.39 is 17.9 Å². The van der Waals surface area contributed by atoms with Crippen molar-refractivity contribution in [3.63, 3.8) is 0 Å². The second-order valence-corrected chi connectivity index (χ2v) is 7.16. The number of benzene rings is 2. The van der Waals surface area contributed by atoms with Gasteiger partial charge in [-0.3, -0.25) is 9.59 Å². The van der Waals surface area contributed by atoms with E-state index in [1.165, 1.54) is 7.11 Å². The number of esters is 1. The van der Waals surface area contributed by atoms with Gasteiger partial charge >= 0.3 is 5.97 Å². The number of rotatable bonds is 6. The lowest BCUT2D eigenvalue weighted by atomic mass is 9.82. The third-order valence-electron chi connectivity index (χ3n) is 5.27. The van der Waals surface area contributed by atoms with E-state index in [9.17, 15) is 14.4 Å². The van der Waals surface area contributed by atoms with Crippen molar-refractivity contribution in [1.29, 1.82) is 0 Å². The van der Waals surface area contributed by atoms with Crippen LogP contribution in [0.1, 0.15) is 42.7 Å². The summed E-state index contributed by atoms with van der Waals surface area (Å²) in [5.74, 6) is -1.43. The highest BCUT2D eigenvalue weighted by molar-refractivity contribution is 5.91. The maximum absolute atomic E-state index is 13.3. The minimum absolute atomic E-state index is 0.127. The Balaban J connectivity index is 1.88. The van der Waals surface area contributed by atoms with E-state index in [4.69, 9.17) is 4.74 Å². The van der Waals surface area contributed by atoms with Crippen LogP contribution in [0.2, 0.25) is 0 Å². The maximum Gasteiger partial charge on any atom is 0.328 e. The van der Waals surface area contributed by atoms with Crippen molar-refractivity contribution in [1.82, 2.24) is 5.32 Å². The molecule has 2 aromatic rings. The van der Waals surface area contributed by atoms with Crippen molar-refractivity contribution in [2.24, 2.45) is 5.92 Å². The van der Waals surface area contributed by atoms with Crippen LogP contribution in [-0.4, -0.2) is 30.8 Å². The smallest absolute Gasteiger partial charge is 0.328 e. The molecule has 0 aliphatic heterocycles. The lowest BCUT2D eigenvalue weighted by Gasteiger charge is -2.30. The summed E-state index contributed by atoms with van der Waals surface area (Å²) in [6.07, 6.45) is 2.27. The summed E-state index contributed by atoms with van der Waals surface area (Å²) in [7, 11) is 1.30. The Morgan fingerprint density at radius 3 is 2.07 bits per heavy atom. The number of methoxy groups -OCH3 is 1. The Kier molecular flexibility index (Phi) is 6.58. The molecule has 1 fully saturated rings. The fourth-order valence-corrected chi connectivity index (χ4v) is 3.86. The highest BCUT2D eigenvalue weighted by atomic mass is 16.5. The average molecular weight is 379 g/mol. The summed E-state index contributed by atoms with van der Waals surface area (Å²) in [5, 5.41) is 2.89. The number of hydrogen-bond donors (Lipinski definition) is 1. The first-order valence-corrected chi connectivity index (χ1v) is 9.60. The number of carbonyl (C=O) groups is 3. The van der Waals surface area contributed by atoms with Gasteiger partial charge in [-0.15, -0.1) is 0 Å². The van der Waals surface area contributed by atoms with Gasteiger partial charge in [-0.2, -0.15) is 0 Å². The molecule has 1 saturated carbocycles. The lowest BCUT2D eigenvalue weighted by Crippen LogP contribution is -2.49. The zero-order chi connectivity index (χ0) is 19.9. The van der Waals surface area contributed by atoms with Crippen LogP contribution in [0.3, 0.4) is 0 Å². The van der Waals surface area contributed by atoms with Crippen molar-refractivity contribution >= 4 is 17.7 Å². The quantitative estimate of drug-likeness (QED) is 0.782. The maximum atomic E-state index is 13.3. The number of Topliss-reactive ketones (excluding diaryl/α,β-unsaturated/α-hetero) is 1. The topological polar surface area (TPSA) is 72.5 Å². The molecule has 0 unspecified atom stereocenters. The van der Waals surface area contributed by atoms with Gasteiger partial charge in [-0.25, -0.2) is 4.79 Å². The van der Waals surface area contributed by atoms with E-state index in [1.807, 2.05) is 60.7 Å². The zero-order valence-electron chi connectivity index (χ0n) is 16.0. The first kappa shape index (κ1) is 19.8. The molecule has 0 radical (unpaired) electrons. The number of ketones is 1. The molecule has 1 amide bonds. The van der Waals surface area contributed by atoms with E-state index >= 15 is 0 Å². The van der Waals surface area contributed by atoms with Crippen LogP contribution >= 0.6 is 0 Å². The number of carbonyl (C=O) groups excluding carboxylic acids is 3. The van der Waals surface area contributed by atoms with Gasteiger partial charge in [0.15, 0.2) is 0 Å². The zero-order valence-corrected chi connectivity index (χ0v) is 16.0. The minimum atomic E-state index is -0.823. The molecule has 0 saturated heterocycles. The summed E-state index contributed by atoms with van der Waals surface area (Å²) in [6.45, 7) is 0.